The van der Waals surface area contributed by atoms with E-state index in [0.29, 0.717) is 19.7 Å². The van der Waals surface area contributed by atoms with E-state index in [1.54, 1.807) is 19.1 Å². The van der Waals surface area contributed by atoms with Crippen molar-refractivity contribution in [3.63, 3.8) is 0 Å². The largest absolute Gasteiger partial charge is 0.465 e. The summed E-state index contributed by atoms with van der Waals surface area (Å²) in [7, 11) is 0. The van der Waals surface area contributed by atoms with E-state index in [1.165, 1.54) is 12.1 Å². The standard InChI is InChI=1S/C13H18N2O4/c1-3-14(10-13(16)19-4-2)9-11-5-7-12(8-6-11)15(17)18/h5-8H,3-4,9-10H2,1-2H3. The molecule has 6 nitrogen and oxygen atoms in total. The molecule has 1 aromatic rings. The maximum atomic E-state index is 11.4. The molecule has 0 amide bonds. The topological polar surface area (TPSA) is 72.7 Å². The van der Waals surface area contributed by atoms with Crippen LogP contribution in [0.2, 0.25) is 0 Å². The number of benzene rings is 1. The van der Waals surface area contributed by atoms with Gasteiger partial charge in [-0.25, -0.2) is 0 Å². The first-order valence-electron chi connectivity index (χ1n) is 6.18. The number of esters is 1. The van der Waals surface area contributed by atoms with Crippen LogP contribution in [0.5, 0.6) is 0 Å². The third kappa shape index (κ3) is 5.05. The maximum Gasteiger partial charge on any atom is 0.320 e. The molecule has 0 unspecified atom stereocenters. The Balaban J connectivity index is 2.60. The maximum absolute atomic E-state index is 11.4. The van der Waals surface area contributed by atoms with Gasteiger partial charge < -0.3 is 4.74 Å². The zero-order valence-electron chi connectivity index (χ0n) is 11.2. The molecule has 0 aliphatic carbocycles. The lowest BCUT2D eigenvalue weighted by Gasteiger charge is -2.19. The molecule has 19 heavy (non-hydrogen) atoms. The third-order valence-corrected chi connectivity index (χ3v) is 2.66. The number of carbonyl (C=O) groups excluding carboxylic acids is 1. The van der Waals surface area contributed by atoms with Gasteiger partial charge in [-0.15, -0.1) is 0 Å². The van der Waals surface area contributed by atoms with Gasteiger partial charge in [0, 0.05) is 18.7 Å². The van der Waals surface area contributed by atoms with Crippen molar-refractivity contribution in [2.45, 2.75) is 20.4 Å². The number of nitro benzene ring substituents is 1. The van der Waals surface area contributed by atoms with E-state index in [-0.39, 0.29) is 18.2 Å². The molecule has 0 fully saturated rings. The number of nitrogens with zero attached hydrogens (tertiary/aromatic N) is 2. The molecule has 0 spiro atoms. The van der Waals surface area contributed by atoms with Gasteiger partial charge in [-0.3, -0.25) is 19.8 Å². The van der Waals surface area contributed by atoms with E-state index in [1.807, 2.05) is 11.8 Å². The number of carbonyl (C=O) groups is 1. The normalized spacial score (nSPS) is 10.5. The Labute approximate surface area is 112 Å². The Bertz CT molecular complexity index is 431. The fourth-order valence-electron chi connectivity index (χ4n) is 1.65. The van der Waals surface area contributed by atoms with Gasteiger partial charge >= 0.3 is 5.97 Å². The molecule has 0 N–H and O–H groups in total. The Morgan fingerprint density at radius 3 is 2.42 bits per heavy atom. The van der Waals surface area contributed by atoms with Crippen LogP contribution in [0.25, 0.3) is 0 Å². The fraction of sp³-hybridized carbons (Fsp3) is 0.462. The number of ether oxygens (including phenoxy) is 1. The highest BCUT2D eigenvalue weighted by Crippen LogP contribution is 2.13. The van der Waals surface area contributed by atoms with Crippen molar-refractivity contribution in [1.29, 1.82) is 0 Å². The highest BCUT2D eigenvalue weighted by Gasteiger charge is 2.11. The molecule has 0 saturated carbocycles. The molecule has 6 heteroatoms. The van der Waals surface area contributed by atoms with Crippen LogP contribution in [-0.2, 0) is 16.1 Å². The van der Waals surface area contributed by atoms with Crippen LogP contribution in [0, 0.1) is 10.1 Å². The van der Waals surface area contributed by atoms with E-state index in [4.69, 9.17) is 4.74 Å². The summed E-state index contributed by atoms with van der Waals surface area (Å²) in [4.78, 5) is 23.4. The monoisotopic (exact) mass is 266 g/mol. The van der Waals surface area contributed by atoms with Gasteiger partial charge in [0.1, 0.15) is 0 Å². The zero-order valence-corrected chi connectivity index (χ0v) is 11.2. The Hall–Kier alpha value is -1.95. The van der Waals surface area contributed by atoms with Crippen molar-refractivity contribution in [2.24, 2.45) is 0 Å². The van der Waals surface area contributed by atoms with Crippen LogP contribution in [0.4, 0.5) is 5.69 Å². The average molecular weight is 266 g/mol. The average Bonchev–Trinajstić information content (AvgIpc) is 2.38. The summed E-state index contributed by atoms with van der Waals surface area (Å²) in [6.07, 6.45) is 0. The van der Waals surface area contributed by atoms with E-state index in [0.717, 1.165) is 5.56 Å². The zero-order chi connectivity index (χ0) is 14.3. The lowest BCUT2D eigenvalue weighted by molar-refractivity contribution is -0.384. The van der Waals surface area contributed by atoms with E-state index in [2.05, 4.69) is 0 Å². The van der Waals surface area contributed by atoms with Crippen LogP contribution in [-0.4, -0.2) is 35.5 Å². The van der Waals surface area contributed by atoms with Gasteiger partial charge in [0.15, 0.2) is 0 Å². The minimum atomic E-state index is -0.431. The van der Waals surface area contributed by atoms with Crippen LogP contribution in [0.15, 0.2) is 24.3 Å². The predicted molar refractivity (Wildman–Crippen MR) is 70.7 cm³/mol. The van der Waals surface area contributed by atoms with Crippen molar-refractivity contribution in [2.75, 3.05) is 19.7 Å². The molecule has 0 heterocycles. The number of rotatable bonds is 7. The summed E-state index contributed by atoms with van der Waals surface area (Å²) in [6.45, 7) is 5.58. The van der Waals surface area contributed by atoms with Gasteiger partial charge in [-0.05, 0) is 19.0 Å². The highest BCUT2D eigenvalue weighted by molar-refractivity contribution is 5.71. The molecular weight excluding hydrogens is 248 g/mol. The molecule has 0 radical (unpaired) electrons. The molecule has 0 aliphatic heterocycles. The van der Waals surface area contributed by atoms with Crippen molar-refractivity contribution >= 4 is 11.7 Å². The summed E-state index contributed by atoms with van der Waals surface area (Å²) >= 11 is 0. The third-order valence-electron chi connectivity index (χ3n) is 2.66. The molecule has 1 rings (SSSR count). The first-order valence-corrected chi connectivity index (χ1v) is 6.18. The fourth-order valence-corrected chi connectivity index (χ4v) is 1.65. The minimum absolute atomic E-state index is 0.0668. The highest BCUT2D eigenvalue weighted by atomic mass is 16.6. The van der Waals surface area contributed by atoms with Gasteiger partial charge in [0.2, 0.25) is 0 Å². The number of nitro groups is 1. The summed E-state index contributed by atoms with van der Waals surface area (Å²) in [5.74, 6) is -0.258. The molecule has 104 valence electrons. The summed E-state index contributed by atoms with van der Waals surface area (Å²) in [5.41, 5.74) is 0.994. The van der Waals surface area contributed by atoms with Crippen LogP contribution in [0.3, 0.4) is 0 Å². The van der Waals surface area contributed by atoms with Crippen LogP contribution in [0.1, 0.15) is 19.4 Å². The minimum Gasteiger partial charge on any atom is -0.465 e. The molecule has 0 bridgehead atoms. The van der Waals surface area contributed by atoms with Crippen LogP contribution < -0.4 is 0 Å². The summed E-state index contributed by atoms with van der Waals surface area (Å²) in [6, 6.07) is 6.33. The summed E-state index contributed by atoms with van der Waals surface area (Å²) in [5, 5.41) is 10.5. The lowest BCUT2D eigenvalue weighted by atomic mass is 10.2. The van der Waals surface area contributed by atoms with Crippen molar-refractivity contribution in [3.8, 4) is 0 Å². The van der Waals surface area contributed by atoms with Crippen molar-refractivity contribution in [3.05, 3.63) is 39.9 Å². The van der Waals surface area contributed by atoms with Crippen LogP contribution >= 0.6 is 0 Å². The SMILES string of the molecule is CCOC(=O)CN(CC)Cc1ccc([N+](=O)[O-])cc1. The molecule has 0 aromatic heterocycles. The number of hydrogen-bond donors (Lipinski definition) is 0. The predicted octanol–water partition coefficient (Wildman–Crippen LogP) is 1.98. The van der Waals surface area contributed by atoms with Gasteiger partial charge in [-0.1, -0.05) is 19.1 Å². The first-order chi connectivity index (χ1) is 9.06. The molecule has 0 atom stereocenters. The quantitative estimate of drug-likeness (QED) is 0.428. The van der Waals surface area contributed by atoms with Gasteiger partial charge in [-0.2, -0.15) is 0 Å². The Kier molecular flexibility index (Phi) is 5.95. The molecule has 0 saturated heterocycles. The first kappa shape index (κ1) is 15.1. The second kappa shape index (κ2) is 7.48. The number of non-ortho nitro benzene ring substituents is 1. The summed E-state index contributed by atoms with van der Waals surface area (Å²) < 4.78 is 4.89. The van der Waals surface area contributed by atoms with E-state index >= 15 is 0 Å². The smallest absolute Gasteiger partial charge is 0.320 e. The Morgan fingerprint density at radius 1 is 1.32 bits per heavy atom. The van der Waals surface area contributed by atoms with Gasteiger partial charge in [0.05, 0.1) is 18.1 Å². The lowest BCUT2D eigenvalue weighted by Crippen LogP contribution is -2.30. The van der Waals surface area contributed by atoms with E-state index < -0.39 is 4.92 Å². The van der Waals surface area contributed by atoms with Gasteiger partial charge in [0.25, 0.3) is 5.69 Å². The second-order valence-electron chi connectivity index (χ2n) is 4.03. The van der Waals surface area contributed by atoms with Crippen molar-refractivity contribution < 1.29 is 14.5 Å². The molecule has 0 aliphatic rings. The van der Waals surface area contributed by atoms with E-state index in [9.17, 15) is 14.9 Å². The second-order valence-corrected chi connectivity index (χ2v) is 4.03. The molecular formula is C13H18N2O4. The van der Waals surface area contributed by atoms with Crippen molar-refractivity contribution in [1.82, 2.24) is 4.90 Å². The molecule has 1 aromatic carbocycles. The Morgan fingerprint density at radius 2 is 1.95 bits per heavy atom. The number of hydrogen-bond acceptors (Lipinski definition) is 5. The number of likely N-dealkylation sites (N-methyl/N-ethyl adjacent to an activating group) is 1.